The Labute approximate surface area is 218 Å². The molecule has 1 aliphatic carbocycles. The Morgan fingerprint density at radius 3 is 2.51 bits per heavy atom. The molecule has 0 N–H and O–H groups in total. The summed E-state index contributed by atoms with van der Waals surface area (Å²) in [7, 11) is 1.32. The van der Waals surface area contributed by atoms with Crippen LogP contribution in [0.4, 0.5) is 8.78 Å². The van der Waals surface area contributed by atoms with Gasteiger partial charge in [0.25, 0.3) is 0 Å². The third-order valence-electron chi connectivity index (χ3n) is 6.94. The second-order valence-corrected chi connectivity index (χ2v) is 9.84. The molecule has 0 amide bonds. The SMILES string of the molecule is CCCCC(F)(F)C(=O)/C=C/[C@@H]1[C@@H](CCCC/C=C/C(=O)OC)[C@@H](OC(C)=O)C[C@H]1OC1CCCCO1. The number of hydrogen-bond acceptors (Lipinski definition) is 7. The lowest BCUT2D eigenvalue weighted by Gasteiger charge is -2.29. The van der Waals surface area contributed by atoms with Crippen molar-refractivity contribution in [2.24, 2.45) is 11.8 Å². The highest BCUT2D eigenvalue weighted by Gasteiger charge is 2.45. The van der Waals surface area contributed by atoms with E-state index >= 15 is 0 Å². The van der Waals surface area contributed by atoms with Gasteiger partial charge in [0.2, 0.25) is 5.78 Å². The number of methoxy groups -OCH3 is 1. The molecule has 1 heterocycles. The van der Waals surface area contributed by atoms with E-state index in [-0.39, 0.29) is 18.3 Å². The third kappa shape index (κ3) is 10.6. The van der Waals surface area contributed by atoms with Gasteiger partial charge in [0.05, 0.1) is 13.2 Å². The summed E-state index contributed by atoms with van der Waals surface area (Å²) in [6.45, 7) is 3.74. The molecule has 210 valence electrons. The predicted octanol–water partition coefficient (Wildman–Crippen LogP) is 5.71. The molecule has 1 unspecified atom stereocenters. The van der Waals surface area contributed by atoms with Crippen LogP contribution in [-0.2, 0) is 33.3 Å². The van der Waals surface area contributed by atoms with E-state index in [1.165, 1.54) is 26.2 Å². The van der Waals surface area contributed by atoms with Crippen LogP contribution >= 0.6 is 0 Å². The Bertz CT molecular complexity index is 789. The summed E-state index contributed by atoms with van der Waals surface area (Å²) >= 11 is 0. The number of allylic oxidation sites excluding steroid dienone is 2. The zero-order valence-corrected chi connectivity index (χ0v) is 22.3. The van der Waals surface area contributed by atoms with Gasteiger partial charge in [-0.2, -0.15) is 8.78 Å². The van der Waals surface area contributed by atoms with Crippen molar-refractivity contribution < 1.29 is 42.1 Å². The first-order valence-electron chi connectivity index (χ1n) is 13.5. The van der Waals surface area contributed by atoms with E-state index in [9.17, 15) is 23.2 Å². The van der Waals surface area contributed by atoms with Crippen LogP contribution in [0.2, 0.25) is 0 Å². The Balaban J connectivity index is 2.16. The fourth-order valence-corrected chi connectivity index (χ4v) is 4.97. The van der Waals surface area contributed by atoms with Crippen LogP contribution < -0.4 is 0 Å². The highest BCUT2D eigenvalue weighted by atomic mass is 19.3. The molecule has 37 heavy (non-hydrogen) atoms. The molecule has 1 aliphatic heterocycles. The number of carbonyl (C=O) groups excluding carboxylic acids is 3. The number of ether oxygens (including phenoxy) is 4. The van der Waals surface area contributed by atoms with E-state index < -0.39 is 48.6 Å². The fraction of sp³-hybridized carbons (Fsp3) is 0.750. The highest BCUT2D eigenvalue weighted by molar-refractivity contribution is 5.95. The normalized spacial score (nSPS) is 26.6. The number of carbonyl (C=O) groups is 3. The van der Waals surface area contributed by atoms with Crippen molar-refractivity contribution in [2.45, 2.75) is 109 Å². The van der Waals surface area contributed by atoms with Gasteiger partial charge in [-0.1, -0.05) is 31.9 Å². The maximum absolute atomic E-state index is 14.3. The molecular weight excluding hydrogens is 486 g/mol. The van der Waals surface area contributed by atoms with Crippen LogP contribution in [0.3, 0.4) is 0 Å². The van der Waals surface area contributed by atoms with Gasteiger partial charge >= 0.3 is 17.9 Å². The van der Waals surface area contributed by atoms with Crippen molar-refractivity contribution in [3.8, 4) is 0 Å². The van der Waals surface area contributed by atoms with E-state index in [4.69, 9.17) is 14.2 Å². The zero-order valence-electron chi connectivity index (χ0n) is 22.3. The minimum Gasteiger partial charge on any atom is -0.466 e. The Morgan fingerprint density at radius 2 is 1.86 bits per heavy atom. The summed E-state index contributed by atoms with van der Waals surface area (Å²) in [5.74, 6) is -6.04. The minimum atomic E-state index is -3.41. The topological polar surface area (TPSA) is 88.1 Å². The third-order valence-corrected chi connectivity index (χ3v) is 6.94. The highest BCUT2D eigenvalue weighted by Crippen LogP contribution is 2.42. The van der Waals surface area contributed by atoms with Gasteiger partial charge in [-0.3, -0.25) is 9.59 Å². The van der Waals surface area contributed by atoms with Gasteiger partial charge in [0.15, 0.2) is 6.29 Å². The number of rotatable bonds is 15. The number of hydrogen-bond donors (Lipinski definition) is 0. The van der Waals surface area contributed by atoms with Crippen molar-refractivity contribution in [1.82, 2.24) is 0 Å². The van der Waals surface area contributed by atoms with E-state index in [0.717, 1.165) is 38.2 Å². The molecule has 0 aromatic carbocycles. The molecule has 0 radical (unpaired) electrons. The summed E-state index contributed by atoms with van der Waals surface area (Å²) in [6.07, 6.45) is 10.6. The van der Waals surface area contributed by atoms with Crippen molar-refractivity contribution in [1.29, 1.82) is 0 Å². The average molecular weight is 529 g/mol. The lowest BCUT2D eigenvalue weighted by atomic mass is 9.87. The summed E-state index contributed by atoms with van der Waals surface area (Å²) in [4.78, 5) is 35.4. The number of esters is 2. The van der Waals surface area contributed by atoms with Gasteiger partial charge in [-0.25, -0.2) is 4.79 Å². The lowest BCUT2D eigenvalue weighted by Crippen LogP contribution is -2.31. The molecule has 2 rings (SSSR count). The van der Waals surface area contributed by atoms with E-state index in [0.29, 0.717) is 32.3 Å². The van der Waals surface area contributed by atoms with Crippen molar-refractivity contribution in [2.75, 3.05) is 13.7 Å². The summed E-state index contributed by atoms with van der Waals surface area (Å²) in [5, 5.41) is 0. The van der Waals surface area contributed by atoms with Crippen LogP contribution in [0, 0.1) is 11.8 Å². The quantitative estimate of drug-likeness (QED) is 0.153. The Morgan fingerprint density at radius 1 is 1.08 bits per heavy atom. The summed E-state index contributed by atoms with van der Waals surface area (Å²) in [6, 6.07) is 0. The van der Waals surface area contributed by atoms with Crippen molar-refractivity contribution >= 4 is 17.7 Å². The minimum absolute atomic E-state index is 0.199. The second kappa shape index (κ2) is 16.0. The maximum Gasteiger partial charge on any atom is 0.330 e. The van der Waals surface area contributed by atoms with Crippen LogP contribution in [-0.4, -0.2) is 55.9 Å². The number of unbranched alkanes of at least 4 members (excludes halogenated alkanes) is 3. The smallest absolute Gasteiger partial charge is 0.330 e. The van der Waals surface area contributed by atoms with Gasteiger partial charge in [0.1, 0.15) is 6.10 Å². The van der Waals surface area contributed by atoms with Gasteiger partial charge in [-0.05, 0) is 51.0 Å². The summed E-state index contributed by atoms with van der Waals surface area (Å²) < 4.78 is 50.9. The number of halogens is 2. The first-order chi connectivity index (χ1) is 17.7. The number of alkyl halides is 2. The molecule has 0 aromatic heterocycles. The standard InChI is InChI=1S/C28H42F2O7/c1-4-5-17-28(29,30)25(32)16-15-22-21(12-8-6-7-9-13-26(33)34-3)23(36-20(2)31)19-24(22)37-27-14-10-11-18-35-27/h9,13,15-16,21-24,27H,4-8,10-12,14,17-19H2,1-3H3/b13-9+,16-15+/t21-,22-,23+,24-,27?/m1/s1. The molecule has 0 aromatic rings. The average Bonchev–Trinajstić information content (AvgIpc) is 3.18. The Hall–Kier alpha value is -2.13. The van der Waals surface area contributed by atoms with Crippen molar-refractivity contribution in [3.63, 3.8) is 0 Å². The van der Waals surface area contributed by atoms with Gasteiger partial charge in [0, 0.05) is 44.3 Å². The van der Waals surface area contributed by atoms with E-state index in [1.807, 2.05) is 0 Å². The van der Waals surface area contributed by atoms with Gasteiger partial charge < -0.3 is 18.9 Å². The molecular formula is C28H42F2O7. The molecule has 0 spiro atoms. The first-order valence-corrected chi connectivity index (χ1v) is 13.5. The monoisotopic (exact) mass is 528 g/mol. The van der Waals surface area contributed by atoms with Crippen LogP contribution in [0.1, 0.15) is 84.5 Å². The van der Waals surface area contributed by atoms with Crippen molar-refractivity contribution in [3.05, 3.63) is 24.3 Å². The van der Waals surface area contributed by atoms with Crippen LogP contribution in [0.5, 0.6) is 0 Å². The van der Waals surface area contributed by atoms with E-state index in [2.05, 4.69) is 4.74 Å². The second-order valence-electron chi connectivity index (χ2n) is 9.84. The molecule has 1 saturated heterocycles. The van der Waals surface area contributed by atoms with E-state index in [1.54, 1.807) is 13.0 Å². The molecule has 7 nitrogen and oxygen atoms in total. The molecule has 9 heteroatoms. The summed E-state index contributed by atoms with van der Waals surface area (Å²) in [5.41, 5.74) is 0. The fourth-order valence-electron chi connectivity index (χ4n) is 4.97. The molecule has 1 saturated carbocycles. The molecule has 0 bridgehead atoms. The lowest BCUT2D eigenvalue weighted by molar-refractivity contribution is -0.193. The Kier molecular flexibility index (Phi) is 13.4. The zero-order chi connectivity index (χ0) is 27.3. The first kappa shape index (κ1) is 31.1. The predicted molar refractivity (Wildman–Crippen MR) is 134 cm³/mol. The molecule has 2 fully saturated rings. The van der Waals surface area contributed by atoms with Gasteiger partial charge in [-0.15, -0.1) is 0 Å². The molecule has 2 aliphatic rings. The molecule has 5 atom stereocenters. The maximum atomic E-state index is 14.3. The largest absolute Gasteiger partial charge is 0.466 e. The van der Waals surface area contributed by atoms with Crippen LogP contribution in [0.25, 0.3) is 0 Å². The number of ketones is 1. The van der Waals surface area contributed by atoms with Crippen LogP contribution in [0.15, 0.2) is 24.3 Å².